The molecule has 9 heteroatoms. The second-order valence-corrected chi connectivity index (χ2v) is 8.33. The number of amides is 1. The topological polar surface area (TPSA) is 99.5 Å². The molecule has 1 amide bonds. The maximum Gasteiger partial charge on any atom is 0.229 e. The monoisotopic (exact) mass is 408 g/mol. The minimum atomic E-state index is -0.0335. The van der Waals surface area contributed by atoms with E-state index in [0.717, 1.165) is 49.1 Å². The van der Waals surface area contributed by atoms with Crippen molar-refractivity contribution >= 4 is 29.5 Å². The summed E-state index contributed by atoms with van der Waals surface area (Å²) in [6.45, 7) is 8.29. The van der Waals surface area contributed by atoms with Crippen molar-refractivity contribution in [3.63, 3.8) is 0 Å². The van der Waals surface area contributed by atoms with E-state index in [1.54, 1.807) is 10.7 Å². The normalized spacial score (nSPS) is 21.0. The van der Waals surface area contributed by atoms with Crippen molar-refractivity contribution in [1.82, 2.24) is 29.8 Å². The van der Waals surface area contributed by atoms with Crippen molar-refractivity contribution < 1.29 is 4.79 Å². The van der Waals surface area contributed by atoms with E-state index in [9.17, 15) is 4.79 Å². The summed E-state index contributed by atoms with van der Waals surface area (Å²) in [4.78, 5) is 23.6. The van der Waals surface area contributed by atoms with E-state index in [0.29, 0.717) is 30.1 Å². The summed E-state index contributed by atoms with van der Waals surface area (Å²) in [5.41, 5.74) is 3.08. The van der Waals surface area contributed by atoms with E-state index in [2.05, 4.69) is 37.5 Å². The highest BCUT2D eigenvalue weighted by atomic mass is 16.1. The van der Waals surface area contributed by atoms with E-state index < -0.39 is 0 Å². The molecular formula is C21H28N8O. The van der Waals surface area contributed by atoms with Gasteiger partial charge in [-0.25, -0.2) is 0 Å². The third kappa shape index (κ3) is 4.16. The average molecular weight is 409 g/mol. The van der Waals surface area contributed by atoms with E-state index >= 15 is 0 Å². The Bertz CT molecular complexity index is 1000. The van der Waals surface area contributed by atoms with Crippen LogP contribution in [0.1, 0.15) is 44.1 Å². The summed E-state index contributed by atoms with van der Waals surface area (Å²) < 4.78 is 1.74. The quantitative estimate of drug-likeness (QED) is 0.575. The van der Waals surface area contributed by atoms with Gasteiger partial charge in [0.2, 0.25) is 17.8 Å². The van der Waals surface area contributed by atoms with Crippen molar-refractivity contribution in [2.75, 3.05) is 36.8 Å². The molecule has 0 aromatic carbocycles. The van der Waals surface area contributed by atoms with Crippen LogP contribution in [0.3, 0.4) is 0 Å². The number of hydrogen-bond donors (Lipinski definition) is 3. The van der Waals surface area contributed by atoms with Crippen LogP contribution in [0.4, 0.5) is 11.9 Å². The highest BCUT2D eigenvalue weighted by molar-refractivity contribution is 5.89. The van der Waals surface area contributed by atoms with Crippen LogP contribution in [0.2, 0.25) is 0 Å². The fourth-order valence-corrected chi connectivity index (χ4v) is 3.99. The van der Waals surface area contributed by atoms with Gasteiger partial charge in [0.05, 0.1) is 12.6 Å². The smallest absolute Gasteiger partial charge is 0.229 e. The number of nitrogens with one attached hydrogen (secondary N) is 3. The van der Waals surface area contributed by atoms with Crippen molar-refractivity contribution in [3.8, 4) is 0 Å². The third-order valence-electron chi connectivity index (χ3n) is 5.80. The second-order valence-electron chi connectivity index (χ2n) is 8.33. The first-order valence-corrected chi connectivity index (χ1v) is 10.8. The molecule has 0 unspecified atom stereocenters. The number of nitrogens with zero attached hydrogens (tertiary/aromatic N) is 5. The number of allylic oxidation sites excluding steroid dienone is 1. The van der Waals surface area contributed by atoms with Crippen LogP contribution in [-0.4, -0.2) is 62.6 Å². The van der Waals surface area contributed by atoms with Crippen molar-refractivity contribution in [2.45, 2.75) is 44.6 Å². The molecule has 0 spiro atoms. The number of fused-ring (bicyclic) bond motifs is 1. The Morgan fingerprint density at radius 1 is 1.27 bits per heavy atom. The number of carbonyl (C=O) groups excluding carboxylic acids is 1. The predicted octanol–water partition coefficient (Wildman–Crippen LogP) is 2.01. The van der Waals surface area contributed by atoms with Crippen LogP contribution in [0.15, 0.2) is 24.0 Å². The fraction of sp³-hybridized carbons (Fsp3) is 0.524. The molecule has 9 nitrogen and oxygen atoms in total. The number of anilines is 2. The van der Waals surface area contributed by atoms with Gasteiger partial charge in [0.1, 0.15) is 0 Å². The van der Waals surface area contributed by atoms with Gasteiger partial charge in [0.25, 0.3) is 0 Å². The molecule has 3 aliphatic rings. The molecule has 1 aliphatic carbocycles. The largest absolute Gasteiger partial charge is 0.354 e. The van der Waals surface area contributed by atoms with Crippen LogP contribution < -0.4 is 16.0 Å². The Morgan fingerprint density at radius 3 is 2.83 bits per heavy atom. The molecule has 5 rings (SSSR count). The highest BCUT2D eigenvalue weighted by Crippen LogP contribution is 2.27. The Hall–Kier alpha value is -2.94. The second kappa shape index (κ2) is 8.06. The predicted molar refractivity (Wildman–Crippen MR) is 116 cm³/mol. The zero-order chi connectivity index (χ0) is 20.5. The standard InChI is InChI=1S/C21H28N8O/c1-14-15(12-18(30)24-14)11-16-13-23-29-19(16)26-20(27-21(29)25-17-5-6-17)22-7-4-10-28-8-2-3-9-28/h11,13,17H,1-10,12H2,(H,24,30)(H2,22,25,26,27)/b15-11+. The van der Waals surface area contributed by atoms with E-state index in [1.807, 2.05) is 6.08 Å². The minimum Gasteiger partial charge on any atom is -0.354 e. The van der Waals surface area contributed by atoms with Crippen LogP contribution in [0.5, 0.6) is 0 Å². The first-order valence-electron chi connectivity index (χ1n) is 10.8. The van der Waals surface area contributed by atoms with Gasteiger partial charge >= 0.3 is 0 Å². The lowest BCUT2D eigenvalue weighted by atomic mass is 10.1. The zero-order valence-corrected chi connectivity index (χ0v) is 17.2. The molecule has 0 atom stereocenters. The summed E-state index contributed by atoms with van der Waals surface area (Å²) in [6.07, 6.45) is 10.0. The fourth-order valence-electron chi connectivity index (χ4n) is 3.99. The summed E-state index contributed by atoms with van der Waals surface area (Å²) in [5.74, 6) is 1.27. The van der Waals surface area contributed by atoms with Gasteiger partial charge in [0.15, 0.2) is 5.65 Å². The first kappa shape index (κ1) is 19.0. The average Bonchev–Trinajstić information content (AvgIpc) is 3.10. The molecule has 3 fully saturated rings. The molecule has 2 aromatic rings. The summed E-state index contributed by atoms with van der Waals surface area (Å²) in [7, 11) is 0. The lowest BCUT2D eigenvalue weighted by molar-refractivity contribution is -0.118. The van der Waals surface area contributed by atoms with E-state index in [-0.39, 0.29) is 5.91 Å². The molecule has 2 saturated heterocycles. The molecule has 3 N–H and O–H groups in total. The zero-order valence-electron chi connectivity index (χ0n) is 17.2. The molecule has 2 aliphatic heterocycles. The van der Waals surface area contributed by atoms with Crippen LogP contribution in [-0.2, 0) is 4.79 Å². The molecule has 1 saturated carbocycles. The van der Waals surface area contributed by atoms with Gasteiger partial charge in [-0.2, -0.15) is 19.6 Å². The van der Waals surface area contributed by atoms with Crippen molar-refractivity contribution in [1.29, 1.82) is 0 Å². The number of likely N-dealkylation sites (tertiary alicyclic amines) is 1. The third-order valence-corrected chi connectivity index (χ3v) is 5.80. The summed E-state index contributed by atoms with van der Waals surface area (Å²) in [6, 6.07) is 0.452. The van der Waals surface area contributed by atoms with Gasteiger partial charge in [-0.3, -0.25) is 4.79 Å². The molecule has 30 heavy (non-hydrogen) atoms. The minimum absolute atomic E-state index is 0.0335. The first-order chi connectivity index (χ1) is 14.7. The molecule has 0 bridgehead atoms. The van der Waals surface area contributed by atoms with Crippen molar-refractivity contribution in [2.24, 2.45) is 0 Å². The SMILES string of the molecule is C=C1NC(=O)C/C1=C\c1cnn2c(NC3CC3)nc(NCCCN3CCCC3)nc12. The molecule has 2 aromatic heterocycles. The van der Waals surface area contributed by atoms with Crippen LogP contribution in [0.25, 0.3) is 11.7 Å². The molecular weight excluding hydrogens is 380 g/mol. The number of aromatic nitrogens is 4. The molecule has 158 valence electrons. The van der Waals surface area contributed by atoms with Crippen LogP contribution in [0, 0.1) is 0 Å². The number of rotatable bonds is 8. The maximum atomic E-state index is 11.7. The van der Waals surface area contributed by atoms with Crippen molar-refractivity contribution in [3.05, 3.63) is 29.6 Å². The Balaban J connectivity index is 1.37. The highest BCUT2D eigenvalue weighted by Gasteiger charge is 2.24. The molecule has 4 heterocycles. The van der Waals surface area contributed by atoms with Crippen LogP contribution >= 0.6 is 0 Å². The van der Waals surface area contributed by atoms with Gasteiger partial charge < -0.3 is 20.9 Å². The molecule has 0 radical (unpaired) electrons. The maximum absolute atomic E-state index is 11.7. The summed E-state index contributed by atoms with van der Waals surface area (Å²) in [5, 5.41) is 14.1. The number of carbonyl (C=O) groups is 1. The lowest BCUT2D eigenvalue weighted by Crippen LogP contribution is -2.22. The van der Waals surface area contributed by atoms with E-state index in [1.165, 1.54) is 25.9 Å². The van der Waals surface area contributed by atoms with Gasteiger partial charge in [-0.05, 0) is 63.4 Å². The Labute approximate surface area is 175 Å². The number of hydrogen-bond acceptors (Lipinski definition) is 7. The Morgan fingerprint density at radius 2 is 2.10 bits per heavy atom. The van der Waals surface area contributed by atoms with E-state index in [4.69, 9.17) is 4.98 Å². The summed E-state index contributed by atoms with van der Waals surface area (Å²) >= 11 is 0. The van der Waals surface area contributed by atoms with Gasteiger partial charge in [-0.1, -0.05) is 6.58 Å². The lowest BCUT2D eigenvalue weighted by Gasteiger charge is -2.14. The van der Waals surface area contributed by atoms with Gasteiger partial charge in [-0.15, -0.1) is 0 Å². The Kier molecular flexibility index (Phi) is 5.12. The van der Waals surface area contributed by atoms with Gasteiger partial charge in [0, 0.05) is 23.8 Å².